The van der Waals surface area contributed by atoms with E-state index in [-0.39, 0.29) is 5.91 Å². The number of benzene rings is 1. The van der Waals surface area contributed by atoms with Crippen LogP contribution in [0.3, 0.4) is 0 Å². The molecule has 1 aliphatic rings. The lowest BCUT2D eigenvalue weighted by Gasteiger charge is -2.16. The van der Waals surface area contributed by atoms with E-state index in [1.165, 1.54) is 12.4 Å². The van der Waals surface area contributed by atoms with E-state index in [0.717, 1.165) is 36.4 Å². The number of rotatable bonds is 4. The molecule has 0 saturated carbocycles. The maximum absolute atomic E-state index is 13.3. The normalized spacial score (nSPS) is 13.3. The van der Waals surface area contributed by atoms with Crippen molar-refractivity contribution in [3.8, 4) is 0 Å². The molecule has 138 valence electrons. The fourth-order valence-corrected chi connectivity index (χ4v) is 3.02. The molecular weight excluding hydrogens is 352 g/mol. The van der Waals surface area contributed by atoms with Gasteiger partial charge in [-0.1, -0.05) is 6.07 Å². The Morgan fingerprint density at radius 3 is 2.96 bits per heavy atom. The van der Waals surface area contributed by atoms with E-state index in [4.69, 9.17) is 0 Å². The van der Waals surface area contributed by atoms with Crippen LogP contribution in [0.1, 0.15) is 27.2 Å². The first-order chi connectivity index (χ1) is 13.1. The predicted octanol–water partition coefficient (Wildman–Crippen LogP) is 2.50. The number of halogens is 2. The molecule has 0 spiro atoms. The second-order valence-electron chi connectivity index (χ2n) is 6.39. The van der Waals surface area contributed by atoms with Gasteiger partial charge in [-0.05, 0) is 42.3 Å². The number of fused-ring (bicyclic) bond motifs is 1. The van der Waals surface area contributed by atoms with E-state index in [0.29, 0.717) is 30.0 Å². The number of amides is 1. The monoisotopic (exact) mass is 369 g/mol. The maximum atomic E-state index is 13.3. The van der Waals surface area contributed by atoms with Crippen LogP contribution in [0.5, 0.6) is 0 Å². The van der Waals surface area contributed by atoms with Crippen molar-refractivity contribution in [2.75, 3.05) is 11.9 Å². The van der Waals surface area contributed by atoms with Crippen molar-refractivity contribution in [1.29, 1.82) is 0 Å². The Balaban J connectivity index is 1.44. The summed E-state index contributed by atoms with van der Waals surface area (Å²) in [6.45, 7) is 1.90. The molecule has 1 amide bonds. The minimum absolute atomic E-state index is 0.290. The molecule has 2 N–H and O–H groups in total. The van der Waals surface area contributed by atoms with E-state index >= 15 is 0 Å². The number of anilines is 1. The minimum Gasteiger partial charge on any atom is -0.331 e. The predicted molar refractivity (Wildman–Crippen MR) is 95.3 cm³/mol. The van der Waals surface area contributed by atoms with E-state index in [9.17, 15) is 13.6 Å². The summed E-state index contributed by atoms with van der Waals surface area (Å²) < 4.78 is 28.0. The van der Waals surface area contributed by atoms with Crippen molar-refractivity contribution in [1.82, 2.24) is 19.9 Å². The van der Waals surface area contributed by atoms with Crippen molar-refractivity contribution < 1.29 is 13.6 Å². The lowest BCUT2D eigenvalue weighted by atomic mass is 10.0. The van der Waals surface area contributed by atoms with Gasteiger partial charge in [-0.15, -0.1) is 0 Å². The topological polar surface area (TPSA) is 71.8 Å². The summed E-state index contributed by atoms with van der Waals surface area (Å²) in [5, 5.41) is 5.97. The number of pyridine rings is 1. The molecule has 6 nitrogen and oxygen atoms in total. The van der Waals surface area contributed by atoms with E-state index in [1.54, 1.807) is 17.0 Å². The van der Waals surface area contributed by atoms with Gasteiger partial charge in [0.15, 0.2) is 17.5 Å². The van der Waals surface area contributed by atoms with Crippen molar-refractivity contribution >= 4 is 11.7 Å². The van der Waals surface area contributed by atoms with Gasteiger partial charge in [-0.3, -0.25) is 9.78 Å². The van der Waals surface area contributed by atoms with Crippen LogP contribution >= 0.6 is 0 Å². The Labute approximate surface area is 154 Å². The Hall–Kier alpha value is -3.13. The first-order valence-corrected chi connectivity index (χ1v) is 8.54. The number of hydrogen-bond donors (Lipinski definition) is 2. The van der Waals surface area contributed by atoms with Crippen molar-refractivity contribution in [2.45, 2.75) is 19.5 Å². The maximum Gasteiger partial charge on any atom is 0.258 e. The summed E-state index contributed by atoms with van der Waals surface area (Å²) in [5.74, 6) is -1.69. The quantitative estimate of drug-likeness (QED) is 0.741. The molecule has 1 aromatic carbocycles. The molecule has 0 saturated heterocycles. The molecule has 0 radical (unpaired) electrons. The van der Waals surface area contributed by atoms with Crippen LogP contribution in [0.2, 0.25) is 0 Å². The lowest BCUT2D eigenvalue weighted by molar-refractivity contribution is 0.102. The molecule has 0 aliphatic carbocycles. The van der Waals surface area contributed by atoms with Gasteiger partial charge in [0.2, 0.25) is 0 Å². The zero-order valence-electron chi connectivity index (χ0n) is 14.4. The molecule has 1 aliphatic heterocycles. The molecule has 3 aromatic rings. The fourth-order valence-electron chi connectivity index (χ4n) is 3.02. The Kier molecular flexibility index (Phi) is 4.64. The van der Waals surface area contributed by atoms with Crippen LogP contribution < -0.4 is 10.6 Å². The number of hydrogen-bond acceptors (Lipinski definition) is 4. The van der Waals surface area contributed by atoms with E-state index < -0.39 is 11.6 Å². The first-order valence-electron chi connectivity index (χ1n) is 8.54. The highest BCUT2D eigenvalue weighted by atomic mass is 19.2. The van der Waals surface area contributed by atoms with Gasteiger partial charge in [-0.25, -0.2) is 13.8 Å². The van der Waals surface area contributed by atoms with Gasteiger partial charge >= 0.3 is 0 Å². The van der Waals surface area contributed by atoms with Crippen LogP contribution in [0, 0.1) is 11.6 Å². The first kappa shape index (κ1) is 17.3. The number of nitrogens with one attached hydrogen (secondary N) is 2. The van der Waals surface area contributed by atoms with E-state index in [1.807, 2.05) is 6.07 Å². The van der Waals surface area contributed by atoms with Crippen LogP contribution in [0.4, 0.5) is 14.6 Å². The van der Waals surface area contributed by atoms with Gasteiger partial charge in [0.25, 0.3) is 5.91 Å². The van der Waals surface area contributed by atoms with Gasteiger partial charge in [0.05, 0.1) is 17.6 Å². The molecule has 0 atom stereocenters. The molecule has 4 rings (SSSR count). The Morgan fingerprint density at radius 2 is 2.11 bits per heavy atom. The van der Waals surface area contributed by atoms with Crippen LogP contribution in [-0.2, 0) is 19.5 Å². The lowest BCUT2D eigenvalue weighted by Crippen LogP contribution is -2.25. The molecule has 3 heterocycles. The average Bonchev–Trinajstić information content (AvgIpc) is 3.11. The van der Waals surface area contributed by atoms with Gasteiger partial charge in [0.1, 0.15) is 0 Å². The van der Waals surface area contributed by atoms with Crippen molar-refractivity contribution in [2.24, 2.45) is 0 Å². The number of imidazole rings is 1. The second-order valence-corrected chi connectivity index (χ2v) is 6.39. The number of carbonyl (C=O) groups is 1. The molecule has 2 aromatic heterocycles. The summed E-state index contributed by atoms with van der Waals surface area (Å²) in [4.78, 5) is 20.9. The molecule has 0 bridgehead atoms. The third-order valence-corrected chi connectivity index (χ3v) is 4.41. The Morgan fingerprint density at radius 1 is 1.22 bits per heavy atom. The average molecular weight is 369 g/mol. The molecule has 0 unspecified atom stereocenters. The summed E-state index contributed by atoms with van der Waals surface area (Å²) in [6, 6.07) is 5.59. The van der Waals surface area contributed by atoms with Gasteiger partial charge < -0.3 is 15.2 Å². The number of nitrogens with zero attached hydrogens (tertiary/aromatic N) is 3. The molecular formula is C19H17F2N5O. The molecule has 0 fully saturated rings. The third-order valence-electron chi connectivity index (χ3n) is 4.41. The molecule has 27 heavy (non-hydrogen) atoms. The SMILES string of the molecule is O=C(Nc1cn(Cc2ccc(F)c(F)c2)cn1)c1cnc2c(c1)CCNC2. The second kappa shape index (κ2) is 7.24. The van der Waals surface area contributed by atoms with Gasteiger partial charge in [0, 0.05) is 25.5 Å². The Bertz CT molecular complexity index is 1000. The summed E-state index contributed by atoms with van der Waals surface area (Å²) in [7, 11) is 0. The zero-order chi connectivity index (χ0) is 18.8. The standard InChI is InChI=1S/C19H17F2N5O/c20-15-2-1-12(5-16(15)21)9-26-10-18(24-11-26)25-19(27)14-6-13-3-4-22-8-17(13)23-7-14/h1-2,5-7,10-11,22H,3-4,8-9H2,(H,25,27). The van der Waals surface area contributed by atoms with Crippen LogP contribution in [-0.4, -0.2) is 27.0 Å². The highest BCUT2D eigenvalue weighted by Crippen LogP contribution is 2.15. The fraction of sp³-hybridized carbons (Fsp3) is 0.211. The molecule has 8 heteroatoms. The van der Waals surface area contributed by atoms with E-state index in [2.05, 4.69) is 20.6 Å². The largest absolute Gasteiger partial charge is 0.331 e. The number of carbonyl (C=O) groups excluding carboxylic acids is 1. The highest BCUT2D eigenvalue weighted by Gasteiger charge is 2.14. The summed E-state index contributed by atoms with van der Waals surface area (Å²) >= 11 is 0. The number of aromatic nitrogens is 3. The summed E-state index contributed by atoms with van der Waals surface area (Å²) in [5.41, 5.74) is 3.11. The third kappa shape index (κ3) is 3.85. The highest BCUT2D eigenvalue weighted by molar-refractivity contribution is 6.03. The van der Waals surface area contributed by atoms with Crippen LogP contribution in [0.25, 0.3) is 0 Å². The van der Waals surface area contributed by atoms with Crippen molar-refractivity contribution in [3.63, 3.8) is 0 Å². The van der Waals surface area contributed by atoms with Crippen molar-refractivity contribution in [3.05, 3.63) is 77.0 Å². The zero-order valence-corrected chi connectivity index (χ0v) is 14.4. The minimum atomic E-state index is -0.892. The summed E-state index contributed by atoms with van der Waals surface area (Å²) in [6.07, 6.45) is 5.55. The van der Waals surface area contributed by atoms with Crippen LogP contribution in [0.15, 0.2) is 43.0 Å². The smallest absolute Gasteiger partial charge is 0.258 e. The van der Waals surface area contributed by atoms with Gasteiger partial charge in [-0.2, -0.15) is 0 Å².